The number of carbonyl (C=O) groups is 1. The Kier molecular flexibility index (Phi) is 2.48. The lowest BCUT2D eigenvalue weighted by Gasteiger charge is -2.20. The standard InChI is InChI=1S/C10H16O/c1-7(2)9-4-5-10(11)8(3)6-9/h8H,4-6H2,1-3H3. The first kappa shape index (κ1) is 8.51. The minimum absolute atomic E-state index is 0.272. The molecule has 0 bridgehead atoms. The Morgan fingerprint density at radius 3 is 2.45 bits per heavy atom. The van der Waals surface area contributed by atoms with Crippen LogP contribution in [0.3, 0.4) is 0 Å². The molecule has 11 heavy (non-hydrogen) atoms. The molecule has 0 spiro atoms. The van der Waals surface area contributed by atoms with E-state index in [1.807, 2.05) is 6.92 Å². The number of Topliss-reactive ketones (excluding diaryl/α,β-unsaturated/α-hetero) is 1. The molecule has 0 radical (unpaired) electrons. The van der Waals surface area contributed by atoms with Gasteiger partial charge in [-0.15, -0.1) is 0 Å². The summed E-state index contributed by atoms with van der Waals surface area (Å²) in [5.41, 5.74) is 2.90. The van der Waals surface area contributed by atoms with Crippen LogP contribution in [0.5, 0.6) is 0 Å². The molecule has 1 aliphatic carbocycles. The minimum Gasteiger partial charge on any atom is -0.299 e. The fourth-order valence-electron chi connectivity index (χ4n) is 1.56. The van der Waals surface area contributed by atoms with E-state index in [0.29, 0.717) is 5.78 Å². The van der Waals surface area contributed by atoms with E-state index < -0.39 is 0 Å². The highest BCUT2D eigenvalue weighted by atomic mass is 16.1. The zero-order chi connectivity index (χ0) is 8.43. The van der Waals surface area contributed by atoms with Crippen molar-refractivity contribution in [3.63, 3.8) is 0 Å². The summed E-state index contributed by atoms with van der Waals surface area (Å²) in [6.45, 7) is 6.31. The molecular weight excluding hydrogens is 136 g/mol. The molecule has 0 aromatic carbocycles. The van der Waals surface area contributed by atoms with Gasteiger partial charge in [0.05, 0.1) is 0 Å². The van der Waals surface area contributed by atoms with Gasteiger partial charge in [0.15, 0.2) is 0 Å². The molecule has 62 valence electrons. The third kappa shape index (κ3) is 1.92. The lowest BCUT2D eigenvalue weighted by Crippen LogP contribution is -2.17. The van der Waals surface area contributed by atoms with Crippen LogP contribution < -0.4 is 0 Å². The molecule has 0 saturated heterocycles. The molecule has 1 rings (SSSR count). The fraction of sp³-hybridized carbons (Fsp3) is 0.700. The van der Waals surface area contributed by atoms with Gasteiger partial charge in [-0.05, 0) is 26.7 Å². The van der Waals surface area contributed by atoms with Gasteiger partial charge in [-0.1, -0.05) is 18.1 Å². The predicted molar refractivity (Wildman–Crippen MR) is 46.4 cm³/mol. The van der Waals surface area contributed by atoms with Crippen molar-refractivity contribution >= 4 is 5.78 Å². The van der Waals surface area contributed by atoms with Crippen LogP contribution >= 0.6 is 0 Å². The Bertz CT molecular complexity index is 197. The summed E-state index contributed by atoms with van der Waals surface area (Å²) in [5.74, 6) is 0.712. The summed E-state index contributed by atoms with van der Waals surface area (Å²) in [6, 6.07) is 0. The van der Waals surface area contributed by atoms with Gasteiger partial charge in [0.2, 0.25) is 0 Å². The Labute approximate surface area is 68.5 Å². The number of carbonyl (C=O) groups excluding carboxylic acids is 1. The van der Waals surface area contributed by atoms with Gasteiger partial charge in [-0.3, -0.25) is 4.79 Å². The maximum absolute atomic E-state index is 11.1. The summed E-state index contributed by atoms with van der Waals surface area (Å²) in [5, 5.41) is 0. The van der Waals surface area contributed by atoms with Crippen molar-refractivity contribution in [2.24, 2.45) is 5.92 Å². The van der Waals surface area contributed by atoms with Gasteiger partial charge in [-0.25, -0.2) is 0 Å². The van der Waals surface area contributed by atoms with Crippen LogP contribution in [0, 0.1) is 5.92 Å². The molecule has 1 nitrogen and oxygen atoms in total. The fourth-order valence-corrected chi connectivity index (χ4v) is 1.56. The highest BCUT2D eigenvalue weighted by Crippen LogP contribution is 2.27. The average Bonchev–Trinajstić information content (AvgIpc) is 1.94. The third-order valence-corrected chi connectivity index (χ3v) is 2.48. The van der Waals surface area contributed by atoms with Crippen molar-refractivity contribution in [1.29, 1.82) is 0 Å². The van der Waals surface area contributed by atoms with Gasteiger partial charge < -0.3 is 0 Å². The van der Waals surface area contributed by atoms with Gasteiger partial charge >= 0.3 is 0 Å². The van der Waals surface area contributed by atoms with Gasteiger partial charge in [0, 0.05) is 12.3 Å². The van der Waals surface area contributed by atoms with Crippen molar-refractivity contribution in [2.45, 2.75) is 40.0 Å². The molecule has 1 unspecified atom stereocenters. The Hall–Kier alpha value is -0.590. The monoisotopic (exact) mass is 152 g/mol. The topological polar surface area (TPSA) is 17.1 Å². The molecule has 1 saturated carbocycles. The number of hydrogen-bond donors (Lipinski definition) is 0. The summed E-state index contributed by atoms with van der Waals surface area (Å²) in [7, 11) is 0. The first-order chi connectivity index (χ1) is 5.11. The van der Waals surface area contributed by atoms with E-state index in [1.54, 1.807) is 0 Å². The van der Waals surface area contributed by atoms with Crippen molar-refractivity contribution < 1.29 is 4.79 Å². The second-order valence-corrected chi connectivity index (χ2v) is 3.68. The van der Waals surface area contributed by atoms with E-state index in [0.717, 1.165) is 19.3 Å². The van der Waals surface area contributed by atoms with Crippen LogP contribution in [-0.4, -0.2) is 5.78 Å². The van der Waals surface area contributed by atoms with Gasteiger partial charge in [-0.2, -0.15) is 0 Å². The molecule has 0 aromatic heterocycles. The van der Waals surface area contributed by atoms with Crippen molar-refractivity contribution in [3.8, 4) is 0 Å². The summed E-state index contributed by atoms with van der Waals surface area (Å²) < 4.78 is 0. The molecule has 0 amide bonds. The number of ketones is 1. The lowest BCUT2D eigenvalue weighted by atomic mass is 9.84. The smallest absolute Gasteiger partial charge is 0.136 e. The van der Waals surface area contributed by atoms with Crippen LogP contribution in [0.25, 0.3) is 0 Å². The first-order valence-electron chi connectivity index (χ1n) is 4.29. The molecule has 1 atom stereocenters. The highest BCUT2D eigenvalue weighted by Gasteiger charge is 2.20. The van der Waals surface area contributed by atoms with Gasteiger partial charge in [0.25, 0.3) is 0 Å². The third-order valence-electron chi connectivity index (χ3n) is 2.48. The molecular formula is C10H16O. The van der Waals surface area contributed by atoms with Crippen LogP contribution in [0.1, 0.15) is 40.0 Å². The quantitative estimate of drug-likeness (QED) is 0.488. The van der Waals surface area contributed by atoms with Crippen molar-refractivity contribution in [1.82, 2.24) is 0 Å². The Morgan fingerprint density at radius 2 is 2.00 bits per heavy atom. The number of rotatable bonds is 0. The second kappa shape index (κ2) is 3.21. The maximum Gasteiger partial charge on any atom is 0.136 e. The minimum atomic E-state index is 0.272. The zero-order valence-corrected chi connectivity index (χ0v) is 7.61. The number of hydrogen-bond acceptors (Lipinski definition) is 1. The Balaban J connectivity index is 2.67. The molecule has 0 heterocycles. The molecule has 0 N–H and O–H groups in total. The summed E-state index contributed by atoms with van der Waals surface area (Å²) >= 11 is 0. The van der Waals surface area contributed by atoms with E-state index in [-0.39, 0.29) is 5.92 Å². The SMILES string of the molecule is CC(C)=C1CCC(=O)C(C)C1. The molecule has 1 aliphatic rings. The average molecular weight is 152 g/mol. The normalized spacial score (nSPS) is 25.5. The lowest BCUT2D eigenvalue weighted by molar-refractivity contribution is -0.123. The highest BCUT2D eigenvalue weighted by molar-refractivity contribution is 5.82. The second-order valence-electron chi connectivity index (χ2n) is 3.68. The van der Waals surface area contributed by atoms with E-state index >= 15 is 0 Å². The van der Waals surface area contributed by atoms with Crippen LogP contribution in [0.4, 0.5) is 0 Å². The molecule has 1 heteroatoms. The van der Waals surface area contributed by atoms with Gasteiger partial charge in [0.1, 0.15) is 5.78 Å². The van der Waals surface area contributed by atoms with Crippen LogP contribution in [-0.2, 0) is 4.79 Å². The predicted octanol–water partition coefficient (Wildman–Crippen LogP) is 2.71. The molecule has 0 aliphatic heterocycles. The van der Waals surface area contributed by atoms with Crippen molar-refractivity contribution in [2.75, 3.05) is 0 Å². The number of allylic oxidation sites excluding steroid dienone is 2. The Morgan fingerprint density at radius 1 is 1.36 bits per heavy atom. The van der Waals surface area contributed by atoms with E-state index in [2.05, 4.69) is 13.8 Å². The largest absolute Gasteiger partial charge is 0.299 e. The zero-order valence-electron chi connectivity index (χ0n) is 7.61. The molecule has 0 aromatic rings. The van der Waals surface area contributed by atoms with E-state index in [4.69, 9.17) is 0 Å². The van der Waals surface area contributed by atoms with E-state index in [1.165, 1.54) is 11.1 Å². The maximum atomic E-state index is 11.1. The van der Waals surface area contributed by atoms with E-state index in [9.17, 15) is 4.79 Å². The van der Waals surface area contributed by atoms with Crippen LogP contribution in [0.2, 0.25) is 0 Å². The first-order valence-corrected chi connectivity index (χ1v) is 4.29. The summed E-state index contributed by atoms with van der Waals surface area (Å²) in [6.07, 6.45) is 2.77. The molecule has 1 fully saturated rings. The van der Waals surface area contributed by atoms with Crippen LogP contribution in [0.15, 0.2) is 11.1 Å². The van der Waals surface area contributed by atoms with Crippen molar-refractivity contribution in [3.05, 3.63) is 11.1 Å². The summed E-state index contributed by atoms with van der Waals surface area (Å²) in [4.78, 5) is 11.1.